The molecule has 0 aromatic heterocycles. The van der Waals surface area contributed by atoms with E-state index >= 15 is 0 Å². The first-order valence-corrected chi connectivity index (χ1v) is 6.17. The van der Waals surface area contributed by atoms with Crippen LogP contribution in [0.1, 0.15) is 15.9 Å². The lowest BCUT2D eigenvalue weighted by molar-refractivity contribution is 0.0992. The van der Waals surface area contributed by atoms with Gasteiger partial charge in [-0.15, -0.1) is 12.6 Å². The molecule has 0 aliphatic carbocycles. The summed E-state index contributed by atoms with van der Waals surface area (Å²) in [6.45, 7) is 1.99. The van der Waals surface area contributed by atoms with Crippen LogP contribution >= 0.6 is 12.6 Å². The minimum absolute atomic E-state index is 0.0276. The summed E-state index contributed by atoms with van der Waals surface area (Å²) < 4.78 is 0. The first-order chi connectivity index (χ1) is 8.59. The highest BCUT2D eigenvalue weighted by atomic mass is 32.1. The smallest absolute Gasteiger partial charge is 0.258 e. The van der Waals surface area contributed by atoms with Gasteiger partial charge in [0.2, 0.25) is 0 Å². The van der Waals surface area contributed by atoms with Crippen molar-refractivity contribution >= 4 is 24.2 Å². The Labute approximate surface area is 113 Å². The molecule has 0 aliphatic heterocycles. The molecule has 0 unspecified atom stereocenters. The van der Waals surface area contributed by atoms with Gasteiger partial charge in [-0.1, -0.05) is 24.3 Å². The third-order valence-corrected chi connectivity index (χ3v) is 3.15. The molecule has 18 heavy (non-hydrogen) atoms. The number of para-hydroxylation sites is 1. The van der Waals surface area contributed by atoms with Crippen molar-refractivity contribution < 1.29 is 4.79 Å². The van der Waals surface area contributed by atoms with Crippen molar-refractivity contribution in [3.05, 3.63) is 59.7 Å². The van der Waals surface area contributed by atoms with Crippen LogP contribution in [0.2, 0.25) is 0 Å². The number of nitrogens with zero attached hydrogens (tertiary/aromatic N) is 1. The highest BCUT2D eigenvalue weighted by molar-refractivity contribution is 7.80. The van der Waals surface area contributed by atoms with E-state index < -0.39 is 0 Å². The van der Waals surface area contributed by atoms with Crippen molar-refractivity contribution in [3.8, 4) is 0 Å². The van der Waals surface area contributed by atoms with Crippen LogP contribution in [0.15, 0.2) is 53.4 Å². The van der Waals surface area contributed by atoms with Crippen molar-refractivity contribution in [2.24, 2.45) is 0 Å². The van der Waals surface area contributed by atoms with Crippen molar-refractivity contribution in [3.63, 3.8) is 0 Å². The van der Waals surface area contributed by atoms with Crippen LogP contribution in [0.3, 0.4) is 0 Å². The quantitative estimate of drug-likeness (QED) is 0.816. The second-order valence-corrected chi connectivity index (χ2v) is 4.72. The Morgan fingerprint density at radius 1 is 1.11 bits per heavy atom. The molecular weight excluding hydrogens is 242 g/mol. The number of anilines is 1. The molecular formula is C15H15NOS. The second kappa shape index (κ2) is 5.27. The van der Waals surface area contributed by atoms with Gasteiger partial charge < -0.3 is 4.90 Å². The summed E-state index contributed by atoms with van der Waals surface area (Å²) in [5, 5.41) is 0. The molecule has 0 atom stereocenters. The predicted octanol–water partition coefficient (Wildman–Crippen LogP) is 3.56. The zero-order valence-electron chi connectivity index (χ0n) is 10.4. The molecule has 0 saturated heterocycles. The highest BCUT2D eigenvalue weighted by Crippen LogP contribution is 2.20. The minimum atomic E-state index is -0.0276. The molecule has 2 aromatic carbocycles. The molecule has 2 nitrogen and oxygen atoms in total. The van der Waals surface area contributed by atoms with Crippen LogP contribution in [-0.4, -0.2) is 13.0 Å². The molecule has 0 heterocycles. The summed E-state index contributed by atoms with van der Waals surface area (Å²) in [5.74, 6) is -0.0276. The summed E-state index contributed by atoms with van der Waals surface area (Å²) in [6, 6.07) is 15.1. The number of amides is 1. The Morgan fingerprint density at radius 3 is 2.50 bits per heavy atom. The van der Waals surface area contributed by atoms with E-state index in [1.165, 1.54) is 0 Å². The van der Waals surface area contributed by atoms with E-state index in [0.717, 1.165) is 16.1 Å². The van der Waals surface area contributed by atoms with E-state index in [1.807, 2.05) is 43.3 Å². The lowest BCUT2D eigenvalue weighted by Crippen LogP contribution is -2.26. The van der Waals surface area contributed by atoms with Crippen LogP contribution in [0.4, 0.5) is 5.69 Å². The Morgan fingerprint density at radius 2 is 1.83 bits per heavy atom. The molecule has 2 rings (SSSR count). The summed E-state index contributed by atoms with van der Waals surface area (Å²) in [4.78, 5) is 14.8. The van der Waals surface area contributed by atoms with E-state index in [2.05, 4.69) is 12.6 Å². The van der Waals surface area contributed by atoms with Gasteiger partial charge in [0.15, 0.2) is 0 Å². The SMILES string of the molecule is Cc1ccccc1N(C)C(=O)c1cccc(S)c1. The molecule has 0 saturated carbocycles. The summed E-state index contributed by atoms with van der Waals surface area (Å²) in [6.07, 6.45) is 0. The van der Waals surface area contributed by atoms with Gasteiger partial charge in [0, 0.05) is 23.2 Å². The summed E-state index contributed by atoms with van der Waals surface area (Å²) in [7, 11) is 1.79. The number of hydrogen-bond acceptors (Lipinski definition) is 2. The lowest BCUT2D eigenvalue weighted by Gasteiger charge is -2.19. The number of aryl methyl sites for hydroxylation is 1. The van der Waals surface area contributed by atoms with Gasteiger partial charge in [-0.05, 0) is 36.8 Å². The van der Waals surface area contributed by atoms with E-state index in [4.69, 9.17) is 0 Å². The predicted molar refractivity (Wildman–Crippen MR) is 77.6 cm³/mol. The molecule has 0 bridgehead atoms. The van der Waals surface area contributed by atoms with Crippen molar-refractivity contribution in [1.82, 2.24) is 0 Å². The van der Waals surface area contributed by atoms with Crippen molar-refractivity contribution in [1.29, 1.82) is 0 Å². The number of carbonyl (C=O) groups is 1. The highest BCUT2D eigenvalue weighted by Gasteiger charge is 2.14. The van der Waals surface area contributed by atoms with Crippen LogP contribution in [0, 0.1) is 6.92 Å². The molecule has 1 amide bonds. The Kier molecular flexibility index (Phi) is 3.72. The maximum atomic E-state index is 12.3. The largest absolute Gasteiger partial charge is 0.311 e. The molecule has 2 aromatic rings. The number of hydrogen-bond donors (Lipinski definition) is 1. The number of thiol groups is 1. The summed E-state index contributed by atoms with van der Waals surface area (Å²) >= 11 is 4.25. The zero-order valence-corrected chi connectivity index (χ0v) is 11.3. The third-order valence-electron chi connectivity index (χ3n) is 2.87. The Bertz CT molecular complexity index is 580. The van der Waals surface area contributed by atoms with Gasteiger partial charge in [0.05, 0.1) is 0 Å². The maximum absolute atomic E-state index is 12.3. The van der Waals surface area contributed by atoms with Gasteiger partial charge >= 0.3 is 0 Å². The van der Waals surface area contributed by atoms with Gasteiger partial charge in [-0.2, -0.15) is 0 Å². The molecule has 0 spiro atoms. The average Bonchev–Trinajstić information content (AvgIpc) is 2.37. The first-order valence-electron chi connectivity index (χ1n) is 5.72. The topological polar surface area (TPSA) is 20.3 Å². The number of rotatable bonds is 2. The molecule has 3 heteroatoms. The van der Waals surface area contributed by atoms with E-state index in [9.17, 15) is 4.79 Å². The normalized spacial score (nSPS) is 10.2. The molecule has 0 radical (unpaired) electrons. The van der Waals surface area contributed by atoms with E-state index in [1.54, 1.807) is 24.1 Å². The zero-order chi connectivity index (χ0) is 13.1. The van der Waals surface area contributed by atoms with Crippen molar-refractivity contribution in [2.75, 3.05) is 11.9 Å². The second-order valence-electron chi connectivity index (χ2n) is 4.20. The summed E-state index contributed by atoms with van der Waals surface area (Å²) in [5.41, 5.74) is 2.65. The first kappa shape index (κ1) is 12.7. The van der Waals surface area contributed by atoms with Gasteiger partial charge in [-0.25, -0.2) is 0 Å². The van der Waals surface area contributed by atoms with Gasteiger partial charge in [-0.3, -0.25) is 4.79 Å². The van der Waals surface area contributed by atoms with Gasteiger partial charge in [0.1, 0.15) is 0 Å². The molecule has 92 valence electrons. The van der Waals surface area contributed by atoms with Crippen LogP contribution in [0.25, 0.3) is 0 Å². The van der Waals surface area contributed by atoms with E-state index in [-0.39, 0.29) is 5.91 Å². The Balaban J connectivity index is 2.32. The fourth-order valence-electron chi connectivity index (χ4n) is 1.88. The average molecular weight is 257 g/mol. The van der Waals surface area contributed by atoms with Crippen LogP contribution in [0.5, 0.6) is 0 Å². The van der Waals surface area contributed by atoms with Crippen LogP contribution < -0.4 is 4.90 Å². The molecule has 0 N–H and O–H groups in total. The number of carbonyl (C=O) groups excluding carboxylic acids is 1. The number of benzene rings is 2. The van der Waals surface area contributed by atoms with E-state index in [0.29, 0.717) is 5.56 Å². The lowest BCUT2D eigenvalue weighted by atomic mass is 10.1. The maximum Gasteiger partial charge on any atom is 0.258 e. The fraction of sp³-hybridized carbons (Fsp3) is 0.133. The van der Waals surface area contributed by atoms with Crippen LogP contribution in [-0.2, 0) is 0 Å². The molecule has 0 aliphatic rings. The minimum Gasteiger partial charge on any atom is -0.311 e. The monoisotopic (exact) mass is 257 g/mol. The third kappa shape index (κ3) is 2.57. The fourth-order valence-corrected chi connectivity index (χ4v) is 2.11. The standard InChI is InChI=1S/C15H15NOS/c1-11-6-3-4-9-14(11)16(2)15(17)12-7-5-8-13(18)10-12/h3-10,18H,1-2H3. The Hall–Kier alpha value is -1.74. The van der Waals surface area contributed by atoms with Gasteiger partial charge in [0.25, 0.3) is 5.91 Å². The molecule has 0 fully saturated rings. The van der Waals surface area contributed by atoms with Crippen molar-refractivity contribution in [2.45, 2.75) is 11.8 Å².